The van der Waals surface area contributed by atoms with Crippen LogP contribution >= 0.6 is 0 Å². The van der Waals surface area contributed by atoms with Crippen LogP contribution < -0.4 is 0 Å². The van der Waals surface area contributed by atoms with E-state index in [0.717, 1.165) is 0 Å². The normalized spacial score (nSPS) is 20.3. The number of hydrogen-bond acceptors (Lipinski definition) is 11. The highest BCUT2D eigenvalue weighted by Gasteiger charge is 2.40. The van der Waals surface area contributed by atoms with E-state index < -0.39 is 47.2 Å². The maximum absolute atomic E-state index is 12.5. The Morgan fingerprint density at radius 3 is 1.71 bits per heavy atom. The van der Waals surface area contributed by atoms with Crippen molar-refractivity contribution < 1.29 is 47.7 Å². The number of rotatable bonds is 5. The van der Waals surface area contributed by atoms with Crippen LogP contribution in [0.15, 0.2) is 11.8 Å². The molecular formula is C29H47N3O10. The third-order valence-electron chi connectivity index (χ3n) is 5.68. The minimum absolute atomic E-state index is 0.0304. The molecule has 0 N–H and O–H groups in total. The second kappa shape index (κ2) is 15.5. The fourth-order valence-electron chi connectivity index (χ4n) is 3.96. The van der Waals surface area contributed by atoms with Gasteiger partial charge in [0.25, 0.3) is 0 Å². The molecule has 238 valence electrons. The van der Waals surface area contributed by atoms with Crippen LogP contribution in [-0.2, 0) is 38.1 Å². The van der Waals surface area contributed by atoms with Gasteiger partial charge in [0.15, 0.2) is 11.6 Å². The summed E-state index contributed by atoms with van der Waals surface area (Å²) in [5.41, 5.74) is -0.869. The Bertz CT molecular complexity index is 1040. The molecule has 0 saturated carbocycles. The molecule has 0 spiro atoms. The smallest absolute Gasteiger partial charge is 0.410 e. The fourth-order valence-corrected chi connectivity index (χ4v) is 3.96. The highest BCUT2D eigenvalue weighted by atomic mass is 16.6. The molecule has 0 radical (unpaired) electrons. The lowest BCUT2D eigenvalue weighted by molar-refractivity contribution is -0.154. The van der Waals surface area contributed by atoms with Gasteiger partial charge in [0.05, 0.1) is 19.8 Å². The van der Waals surface area contributed by atoms with Crippen LogP contribution in [0.4, 0.5) is 9.59 Å². The van der Waals surface area contributed by atoms with E-state index in [1.165, 1.54) is 9.80 Å². The summed E-state index contributed by atoms with van der Waals surface area (Å²) < 4.78 is 20.4. The predicted molar refractivity (Wildman–Crippen MR) is 152 cm³/mol. The van der Waals surface area contributed by atoms with Crippen molar-refractivity contribution in [1.29, 1.82) is 0 Å². The number of likely N-dealkylation sites (tertiary alicyclic amines) is 2. The highest BCUT2D eigenvalue weighted by Crippen LogP contribution is 2.22. The number of piperidine rings is 2. The van der Waals surface area contributed by atoms with Gasteiger partial charge >= 0.3 is 24.1 Å². The second-order valence-corrected chi connectivity index (χ2v) is 12.1. The maximum Gasteiger partial charge on any atom is 0.410 e. The third kappa shape index (κ3) is 12.1. The van der Waals surface area contributed by atoms with Crippen LogP contribution in [0.1, 0.15) is 61.8 Å². The molecule has 2 heterocycles. The topological polar surface area (TPSA) is 149 Å². The molecular weight excluding hydrogens is 550 g/mol. The van der Waals surface area contributed by atoms with Crippen LogP contribution in [-0.4, -0.2) is 115 Å². The van der Waals surface area contributed by atoms with Gasteiger partial charge in [-0.25, -0.2) is 9.59 Å². The standard InChI is InChI=1S/C16H26N2O5.C13H21NO5/c1-7-22-14(20)12-10-18(15(21)23-16(2,3)4)9-11(13(12)19)8-17(5)6;1-5-18-11(16)9-8-14(7-6-10(9)15)12(17)19-13(2,3)4/h8,12H,7,9-10H2,1-6H3;9H,5-8H2,1-4H3. The van der Waals surface area contributed by atoms with Crippen LogP contribution in [0.2, 0.25) is 0 Å². The van der Waals surface area contributed by atoms with E-state index in [2.05, 4.69) is 0 Å². The van der Waals surface area contributed by atoms with Crippen molar-refractivity contribution in [3.8, 4) is 0 Å². The van der Waals surface area contributed by atoms with Gasteiger partial charge in [0.1, 0.15) is 23.0 Å². The summed E-state index contributed by atoms with van der Waals surface area (Å²) in [5.74, 6) is -3.57. The van der Waals surface area contributed by atoms with Gasteiger partial charge in [-0.1, -0.05) is 0 Å². The number of nitrogens with zero attached hydrogens (tertiary/aromatic N) is 3. The summed E-state index contributed by atoms with van der Waals surface area (Å²) in [4.78, 5) is 76.4. The van der Waals surface area contributed by atoms with Gasteiger partial charge in [-0.05, 0) is 55.4 Å². The number of carbonyl (C=O) groups excluding carboxylic acids is 6. The summed E-state index contributed by atoms with van der Waals surface area (Å²) in [7, 11) is 3.54. The zero-order chi connectivity index (χ0) is 32.4. The quantitative estimate of drug-likeness (QED) is 0.199. The maximum atomic E-state index is 12.5. The summed E-state index contributed by atoms with van der Waals surface area (Å²) in [6, 6.07) is 0. The molecule has 0 aliphatic carbocycles. The van der Waals surface area contributed by atoms with Crippen molar-refractivity contribution in [2.45, 2.75) is 73.0 Å². The molecule has 0 aromatic carbocycles. The van der Waals surface area contributed by atoms with Crippen molar-refractivity contribution in [2.24, 2.45) is 11.8 Å². The van der Waals surface area contributed by atoms with Gasteiger partial charge in [-0.3, -0.25) is 19.2 Å². The number of hydrogen-bond donors (Lipinski definition) is 0. The monoisotopic (exact) mass is 597 g/mol. The molecule has 2 fully saturated rings. The number of Topliss-reactive ketones (excluding diaryl/α,β-unsaturated/α-hetero) is 2. The van der Waals surface area contributed by atoms with E-state index in [1.807, 2.05) is 0 Å². The van der Waals surface area contributed by atoms with Crippen LogP contribution in [0.25, 0.3) is 0 Å². The number of ketones is 2. The summed E-state index contributed by atoms with van der Waals surface area (Å²) >= 11 is 0. The highest BCUT2D eigenvalue weighted by molar-refractivity contribution is 6.10. The van der Waals surface area contributed by atoms with Gasteiger partial charge in [0.2, 0.25) is 0 Å². The number of ether oxygens (including phenoxy) is 4. The molecule has 13 nitrogen and oxygen atoms in total. The molecule has 2 amide bonds. The lowest BCUT2D eigenvalue weighted by Gasteiger charge is -2.34. The molecule has 2 unspecified atom stereocenters. The number of amides is 2. The Balaban J connectivity index is 0.000000428. The Labute approximate surface area is 248 Å². The van der Waals surface area contributed by atoms with Crippen molar-refractivity contribution in [3.63, 3.8) is 0 Å². The van der Waals surface area contributed by atoms with Crippen molar-refractivity contribution >= 4 is 35.7 Å². The van der Waals surface area contributed by atoms with E-state index in [9.17, 15) is 28.8 Å². The molecule has 0 bridgehead atoms. The summed E-state index contributed by atoms with van der Waals surface area (Å²) in [6.07, 6.45) is 0.714. The minimum Gasteiger partial charge on any atom is -0.465 e. The Hall–Kier alpha value is -3.64. The zero-order valence-corrected chi connectivity index (χ0v) is 26.6. The Morgan fingerprint density at radius 1 is 0.810 bits per heavy atom. The Morgan fingerprint density at radius 2 is 1.26 bits per heavy atom. The third-order valence-corrected chi connectivity index (χ3v) is 5.68. The van der Waals surface area contributed by atoms with Gasteiger partial charge in [-0.15, -0.1) is 0 Å². The van der Waals surface area contributed by atoms with Crippen LogP contribution in [0.3, 0.4) is 0 Å². The first-order valence-electron chi connectivity index (χ1n) is 14.0. The molecule has 0 aromatic heterocycles. The van der Waals surface area contributed by atoms with Crippen LogP contribution in [0, 0.1) is 11.8 Å². The average Bonchev–Trinajstić information content (AvgIpc) is 2.83. The summed E-state index contributed by atoms with van der Waals surface area (Å²) in [6.45, 7) is 14.7. The molecule has 2 atom stereocenters. The average molecular weight is 598 g/mol. The van der Waals surface area contributed by atoms with Crippen molar-refractivity contribution in [3.05, 3.63) is 11.8 Å². The second-order valence-electron chi connectivity index (χ2n) is 12.1. The van der Waals surface area contributed by atoms with Crippen molar-refractivity contribution in [1.82, 2.24) is 14.7 Å². The molecule has 0 aromatic rings. The number of carbonyl (C=O) groups is 6. The zero-order valence-electron chi connectivity index (χ0n) is 26.6. The van der Waals surface area contributed by atoms with E-state index >= 15 is 0 Å². The molecule has 13 heteroatoms. The minimum atomic E-state index is -1.01. The van der Waals surface area contributed by atoms with Gasteiger partial charge in [0, 0.05) is 51.9 Å². The molecule has 2 aliphatic heterocycles. The molecule has 2 rings (SSSR count). The van der Waals surface area contributed by atoms with E-state index in [-0.39, 0.29) is 57.4 Å². The fraction of sp³-hybridized carbons (Fsp3) is 0.724. The molecule has 2 aliphatic rings. The predicted octanol–water partition coefficient (Wildman–Crippen LogP) is 2.81. The first-order valence-corrected chi connectivity index (χ1v) is 14.0. The lowest BCUT2D eigenvalue weighted by Crippen LogP contribution is -2.50. The first-order chi connectivity index (χ1) is 19.3. The Kier molecular flexibility index (Phi) is 13.5. The van der Waals surface area contributed by atoms with E-state index in [1.54, 1.807) is 80.6 Å². The van der Waals surface area contributed by atoms with Crippen LogP contribution in [0.5, 0.6) is 0 Å². The lowest BCUT2D eigenvalue weighted by atomic mass is 9.93. The summed E-state index contributed by atoms with van der Waals surface area (Å²) in [5, 5.41) is 0. The van der Waals surface area contributed by atoms with E-state index in [0.29, 0.717) is 5.57 Å². The van der Waals surface area contributed by atoms with Crippen molar-refractivity contribution in [2.75, 3.05) is 53.5 Å². The largest absolute Gasteiger partial charge is 0.465 e. The SMILES string of the molecule is CCOC(=O)C1CN(C(=O)OC(C)(C)C)CC(=CN(C)C)C1=O.CCOC(=O)C1CN(C(=O)OC(C)(C)C)CCC1=O. The van der Waals surface area contributed by atoms with E-state index in [4.69, 9.17) is 18.9 Å². The van der Waals surface area contributed by atoms with Gasteiger partial charge < -0.3 is 33.6 Å². The first kappa shape index (κ1) is 36.4. The number of esters is 2. The van der Waals surface area contributed by atoms with Gasteiger partial charge in [-0.2, -0.15) is 0 Å². The molecule has 2 saturated heterocycles. The molecule has 42 heavy (non-hydrogen) atoms.